The van der Waals surface area contributed by atoms with Gasteiger partial charge in [-0.2, -0.15) is 0 Å². The smallest absolute Gasteiger partial charge is 0.313 e. The van der Waals surface area contributed by atoms with Crippen LogP contribution in [0.15, 0.2) is 29.2 Å². The third-order valence-corrected chi connectivity index (χ3v) is 4.31. The van der Waals surface area contributed by atoms with Crippen molar-refractivity contribution in [3.05, 3.63) is 34.4 Å². The summed E-state index contributed by atoms with van der Waals surface area (Å²) in [4.78, 5) is 32.1. The van der Waals surface area contributed by atoms with Crippen LogP contribution in [-0.2, 0) is 29.1 Å². The number of esters is 1. The maximum atomic E-state index is 12.1. The molecule has 0 saturated heterocycles. The van der Waals surface area contributed by atoms with Crippen LogP contribution in [0.4, 0.5) is 5.69 Å². The normalized spacial score (nSPS) is 11.1. The molecule has 1 rings (SSSR count). The number of hydrogen-bond donors (Lipinski definition) is 1. The number of hydrogen-bond acceptors (Lipinski definition) is 8. The monoisotopic (exact) mass is 374 g/mol. The van der Waals surface area contributed by atoms with E-state index < -0.39 is 43.7 Å². The van der Waals surface area contributed by atoms with E-state index in [9.17, 15) is 28.1 Å². The molecule has 0 heterocycles. The number of carbonyl (C=O) groups is 2. The lowest BCUT2D eigenvalue weighted by Crippen LogP contribution is -2.28. The summed E-state index contributed by atoms with van der Waals surface area (Å²) in [6.07, 6.45) is -0.421. The topological polar surface area (TPSA) is 142 Å². The van der Waals surface area contributed by atoms with E-state index in [0.717, 1.165) is 12.1 Å². The third-order valence-electron chi connectivity index (χ3n) is 2.80. The van der Waals surface area contributed by atoms with Crippen molar-refractivity contribution in [3.8, 4) is 0 Å². The van der Waals surface area contributed by atoms with Gasteiger partial charge >= 0.3 is 5.97 Å². The average molecular weight is 374 g/mol. The van der Waals surface area contributed by atoms with Crippen LogP contribution in [0.1, 0.15) is 13.3 Å². The quantitative estimate of drug-likeness (QED) is 0.193. The lowest BCUT2D eigenvalue weighted by atomic mass is 10.3. The Hall–Kier alpha value is -2.37. The molecule has 0 atom stereocenters. The van der Waals surface area contributed by atoms with Crippen LogP contribution < -0.4 is 4.72 Å². The summed E-state index contributed by atoms with van der Waals surface area (Å²) in [5.41, 5.74) is -0.541. The summed E-state index contributed by atoms with van der Waals surface area (Å²) >= 11 is 0. The van der Waals surface area contributed by atoms with E-state index in [-0.39, 0.29) is 26.4 Å². The van der Waals surface area contributed by atoms with Crippen molar-refractivity contribution < 1.29 is 32.4 Å². The van der Waals surface area contributed by atoms with Crippen LogP contribution in [0.5, 0.6) is 0 Å². The molecule has 1 aromatic rings. The zero-order valence-corrected chi connectivity index (χ0v) is 14.3. The van der Waals surface area contributed by atoms with Crippen molar-refractivity contribution in [3.63, 3.8) is 0 Å². The first-order chi connectivity index (χ1) is 11.8. The molecule has 0 spiro atoms. The van der Waals surface area contributed by atoms with Gasteiger partial charge in [0, 0.05) is 12.6 Å². The van der Waals surface area contributed by atoms with Crippen molar-refractivity contribution in [2.75, 3.05) is 26.4 Å². The molecule has 0 bridgehead atoms. The molecule has 10 nitrogen and oxygen atoms in total. The molecule has 25 heavy (non-hydrogen) atoms. The average Bonchev–Trinajstić information content (AvgIpc) is 2.54. The minimum absolute atomic E-state index is 0.144. The highest BCUT2D eigenvalue weighted by molar-refractivity contribution is 7.89. The summed E-state index contributed by atoms with van der Waals surface area (Å²) in [5, 5.41) is 10.9. The molecule has 0 aliphatic carbocycles. The predicted octanol–water partition coefficient (Wildman–Crippen LogP) is 0.412. The molecular weight excluding hydrogens is 356 g/mol. The second-order valence-electron chi connectivity index (χ2n) is 4.70. The molecule has 0 aromatic heterocycles. The van der Waals surface area contributed by atoms with Crippen LogP contribution in [0.3, 0.4) is 0 Å². The van der Waals surface area contributed by atoms with Gasteiger partial charge in [-0.1, -0.05) is 12.1 Å². The minimum Gasteiger partial charge on any atom is -0.466 e. The molecule has 0 fully saturated rings. The number of nitro benzene ring substituents is 1. The second kappa shape index (κ2) is 9.81. The molecule has 0 unspecified atom stereocenters. The molecule has 11 heteroatoms. The van der Waals surface area contributed by atoms with Crippen molar-refractivity contribution in [1.29, 1.82) is 0 Å². The Bertz CT molecular complexity index is 732. The number of Topliss-reactive ketones (excluding diaryl/α,β-unsaturated/α-hetero) is 1. The van der Waals surface area contributed by atoms with Crippen LogP contribution >= 0.6 is 0 Å². The standard InChI is InChI=1S/C14H18N2O8S/c1-2-24-14(18)9-11(17)10-23-8-7-15-25(21,22)13-6-4-3-5-12(13)16(19)20/h3-6,15H,2,7-10H2,1H3. The Morgan fingerprint density at radius 3 is 2.60 bits per heavy atom. The van der Waals surface area contributed by atoms with Crippen molar-refractivity contribution in [1.82, 2.24) is 4.72 Å². The SMILES string of the molecule is CCOC(=O)CC(=O)COCCNS(=O)(=O)c1ccccc1[N+](=O)[O-]. The van der Waals surface area contributed by atoms with E-state index in [4.69, 9.17) is 4.74 Å². The molecule has 138 valence electrons. The molecule has 0 aliphatic heterocycles. The van der Waals surface area contributed by atoms with Gasteiger partial charge in [0.2, 0.25) is 10.0 Å². The fourth-order valence-electron chi connectivity index (χ4n) is 1.77. The summed E-state index contributed by atoms with van der Waals surface area (Å²) in [7, 11) is -4.09. The van der Waals surface area contributed by atoms with E-state index in [2.05, 4.69) is 9.46 Å². The van der Waals surface area contributed by atoms with Crippen LogP contribution in [0.25, 0.3) is 0 Å². The van der Waals surface area contributed by atoms with Gasteiger partial charge < -0.3 is 9.47 Å². The van der Waals surface area contributed by atoms with E-state index in [1.165, 1.54) is 12.1 Å². The molecule has 0 aliphatic rings. The Kier molecular flexibility index (Phi) is 8.11. The number of rotatable bonds is 11. The largest absolute Gasteiger partial charge is 0.466 e. The van der Waals surface area contributed by atoms with Gasteiger partial charge in [-0.15, -0.1) is 0 Å². The van der Waals surface area contributed by atoms with Crippen LogP contribution in [0.2, 0.25) is 0 Å². The summed E-state index contributed by atoms with van der Waals surface area (Å²) < 4.78 is 35.9. The lowest BCUT2D eigenvalue weighted by Gasteiger charge is -2.07. The summed E-state index contributed by atoms with van der Waals surface area (Å²) in [5.74, 6) is -1.16. The Morgan fingerprint density at radius 1 is 1.28 bits per heavy atom. The van der Waals surface area contributed by atoms with Crippen LogP contribution in [-0.4, -0.2) is 51.5 Å². The number of nitro groups is 1. The van der Waals surface area contributed by atoms with Gasteiger partial charge in [-0.3, -0.25) is 19.7 Å². The first kappa shape index (κ1) is 20.7. The zero-order chi connectivity index (χ0) is 18.9. The predicted molar refractivity (Wildman–Crippen MR) is 85.4 cm³/mol. The van der Waals surface area contributed by atoms with E-state index in [1.807, 2.05) is 0 Å². The van der Waals surface area contributed by atoms with Crippen molar-refractivity contribution in [2.45, 2.75) is 18.2 Å². The summed E-state index contributed by atoms with van der Waals surface area (Å²) in [6.45, 7) is 1.07. The van der Waals surface area contributed by atoms with Gasteiger partial charge in [0.1, 0.15) is 13.0 Å². The molecule has 1 aromatic carbocycles. The van der Waals surface area contributed by atoms with Gasteiger partial charge in [0.25, 0.3) is 5.69 Å². The van der Waals surface area contributed by atoms with Crippen molar-refractivity contribution in [2.24, 2.45) is 0 Å². The minimum atomic E-state index is -4.09. The van der Waals surface area contributed by atoms with E-state index >= 15 is 0 Å². The fraction of sp³-hybridized carbons (Fsp3) is 0.429. The lowest BCUT2D eigenvalue weighted by molar-refractivity contribution is -0.387. The molecule has 0 amide bonds. The number of carbonyl (C=O) groups excluding carboxylic acids is 2. The number of nitrogens with one attached hydrogen (secondary N) is 1. The maximum absolute atomic E-state index is 12.1. The van der Waals surface area contributed by atoms with Gasteiger partial charge in [-0.05, 0) is 13.0 Å². The highest BCUT2D eigenvalue weighted by Crippen LogP contribution is 2.22. The van der Waals surface area contributed by atoms with E-state index in [1.54, 1.807) is 6.92 Å². The molecular formula is C14H18N2O8S. The number of ether oxygens (including phenoxy) is 2. The molecule has 0 saturated carbocycles. The second-order valence-corrected chi connectivity index (χ2v) is 6.43. The van der Waals surface area contributed by atoms with Crippen LogP contribution in [0, 0.1) is 10.1 Å². The molecule has 0 radical (unpaired) electrons. The Labute approximate surface area is 144 Å². The highest BCUT2D eigenvalue weighted by Gasteiger charge is 2.24. The highest BCUT2D eigenvalue weighted by atomic mass is 32.2. The number of para-hydroxylation sites is 1. The Balaban J connectivity index is 2.45. The Morgan fingerprint density at radius 2 is 1.96 bits per heavy atom. The van der Waals surface area contributed by atoms with Gasteiger partial charge in [0.15, 0.2) is 10.7 Å². The molecule has 1 N–H and O–H groups in total. The maximum Gasteiger partial charge on any atom is 0.313 e. The number of benzene rings is 1. The first-order valence-corrected chi connectivity index (χ1v) is 8.74. The van der Waals surface area contributed by atoms with Crippen molar-refractivity contribution >= 4 is 27.5 Å². The number of nitrogens with zero attached hydrogens (tertiary/aromatic N) is 1. The number of sulfonamides is 1. The summed E-state index contributed by atoms with van der Waals surface area (Å²) in [6, 6.07) is 4.92. The fourth-order valence-corrected chi connectivity index (χ4v) is 2.95. The number of ketones is 1. The van der Waals surface area contributed by atoms with E-state index in [0.29, 0.717) is 0 Å². The van der Waals surface area contributed by atoms with Gasteiger partial charge in [-0.25, -0.2) is 13.1 Å². The first-order valence-electron chi connectivity index (χ1n) is 7.26. The van der Waals surface area contributed by atoms with Gasteiger partial charge in [0.05, 0.1) is 18.1 Å². The zero-order valence-electron chi connectivity index (χ0n) is 13.5. The third kappa shape index (κ3) is 6.95.